The predicted octanol–water partition coefficient (Wildman–Crippen LogP) is 0.927. The van der Waals surface area contributed by atoms with Crippen molar-refractivity contribution in [1.29, 1.82) is 0 Å². The number of carboxylic acid groups (broad SMARTS) is 1. The molecule has 0 aromatic heterocycles. The van der Waals surface area contributed by atoms with E-state index in [1.54, 1.807) is 30.0 Å². The zero-order chi connectivity index (χ0) is 13.3. The molecule has 1 aromatic rings. The average Bonchev–Trinajstić information content (AvgIpc) is 2.71. The lowest BCUT2D eigenvalue weighted by Crippen LogP contribution is -2.27. The maximum Gasteiger partial charge on any atom is 0.323 e. The zero-order valence-corrected chi connectivity index (χ0v) is 10.9. The lowest BCUT2D eigenvalue weighted by atomic mass is 10.2. The Bertz CT molecular complexity index is 580. The van der Waals surface area contributed by atoms with E-state index in [9.17, 15) is 13.2 Å². The Kier molecular flexibility index (Phi) is 3.30. The lowest BCUT2D eigenvalue weighted by molar-refractivity contribution is -0.135. The fourth-order valence-electron chi connectivity index (χ4n) is 2.11. The quantitative estimate of drug-likeness (QED) is 0.880. The van der Waals surface area contributed by atoms with Gasteiger partial charge in [0.25, 0.3) is 0 Å². The Morgan fingerprint density at radius 3 is 2.78 bits per heavy atom. The molecule has 0 saturated heterocycles. The lowest BCUT2D eigenvalue weighted by Gasteiger charge is -2.17. The molecule has 2 rings (SSSR count). The fourth-order valence-corrected chi connectivity index (χ4v) is 3.01. The summed E-state index contributed by atoms with van der Waals surface area (Å²) in [6, 6.07) is 4.96. The van der Waals surface area contributed by atoms with Crippen LogP contribution < -0.4 is 4.90 Å². The third-order valence-corrected chi connectivity index (χ3v) is 4.85. The number of anilines is 1. The summed E-state index contributed by atoms with van der Waals surface area (Å²) in [4.78, 5) is 12.7. The molecule has 5 nitrogen and oxygen atoms in total. The van der Waals surface area contributed by atoms with Crippen LogP contribution in [0.3, 0.4) is 0 Å². The number of aliphatic carboxylic acids is 1. The molecule has 1 aliphatic rings. The summed E-state index contributed by atoms with van der Waals surface area (Å²) in [5.41, 5.74) is 1.73. The van der Waals surface area contributed by atoms with E-state index < -0.39 is 15.8 Å². The largest absolute Gasteiger partial charge is 0.480 e. The van der Waals surface area contributed by atoms with Gasteiger partial charge in [0.05, 0.1) is 10.6 Å². The van der Waals surface area contributed by atoms with Crippen LogP contribution in [0.2, 0.25) is 0 Å². The van der Waals surface area contributed by atoms with E-state index in [0.29, 0.717) is 6.54 Å². The van der Waals surface area contributed by atoms with Crippen LogP contribution in [0.15, 0.2) is 23.1 Å². The van der Waals surface area contributed by atoms with Crippen LogP contribution in [0.5, 0.6) is 0 Å². The normalized spacial score (nSPS) is 14.6. The molecule has 98 valence electrons. The number of hydrogen-bond acceptors (Lipinski definition) is 4. The Balaban J connectivity index is 2.40. The van der Waals surface area contributed by atoms with Gasteiger partial charge >= 0.3 is 5.97 Å². The second-order valence-corrected chi connectivity index (χ2v) is 6.54. The Morgan fingerprint density at radius 2 is 2.17 bits per heavy atom. The Hall–Kier alpha value is -1.56. The van der Waals surface area contributed by atoms with Crippen LogP contribution in [0, 0.1) is 0 Å². The maximum atomic E-state index is 11.8. The van der Waals surface area contributed by atoms with Gasteiger partial charge < -0.3 is 10.0 Å². The number of sulfone groups is 1. The van der Waals surface area contributed by atoms with E-state index in [1.807, 2.05) is 0 Å². The third kappa shape index (κ3) is 2.33. The molecular weight excluding hydrogens is 254 g/mol. The zero-order valence-electron chi connectivity index (χ0n) is 10.1. The molecule has 1 heterocycles. The number of hydrogen-bond donors (Lipinski definition) is 1. The molecule has 18 heavy (non-hydrogen) atoms. The maximum absolute atomic E-state index is 11.8. The number of rotatable bonds is 4. The van der Waals surface area contributed by atoms with Gasteiger partial charge in [0.1, 0.15) is 6.54 Å². The van der Waals surface area contributed by atoms with E-state index >= 15 is 0 Å². The summed E-state index contributed by atoms with van der Waals surface area (Å²) in [7, 11) is -3.25. The summed E-state index contributed by atoms with van der Waals surface area (Å²) in [6.45, 7) is 2.12. The monoisotopic (exact) mass is 269 g/mol. The van der Waals surface area contributed by atoms with Gasteiger partial charge in [-0.3, -0.25) is 4.79 Å². The highest BCUT2D eigenvalue weighted by atomic mass is 32.2. The van der Waals surface area contributed by atoms with Gasteiger partial charge in [-0.1, -0.05) is 13.0 Å². The summed E-state index contributed by atoms with van der Waals surface area (Å²) in [6.07, 6.45) is 0.759. The van der Waals surface area contributed by atoms with Gasteiger partial charge in [0.2, 0.25) is 0 Å². The predicted molar refractivity (Wildman–Crippen MR) is 67.7 cm³/mol. The van der Waals surface area contributed by atoms with Crippen molar-refractivity contribution >= 4 is 21.5 Å². The summed E-state index contributed by atoms with van der Waals surface area (Å²) >= 11 is 0. The summed E-state index contributed by atoms with van der Waals surface area (Å²) in [5, 5.41) is 8.81. The minimum Gasteiger partial charge on any atom is -0.480 e. The minimum absolute atomic E-state index is 0.0463. The van der Waals surface area contributed by atoms with Crippen LogP contribution >= 0.6 is 0 Å². The Morgan fingerprint density at radius 1 is 1.44 bits per heavy atom. The van der Waals surface area contributed by atoms with Crippen LogP contribution in [-0.4, -0.2) is 38.3 Å². The first-order valence-electron chi connectivity index (χ1n) is 5.76. The molecule has 0 unspecified atom stereocenters. The van der Waals surface area contributed by atoms with Gasteiger partial charge in [0, 0.05) is 12.2 Å². The Labute approximate surface area is 106 Å². The topological polar surface area (TPSA) is 74.7 Å². The van der Waals surface area contributed by atoms with E-state index in [4.69, 9.17) is 5.11 Å². The fraction of sp³-hybridized carbons (Fsp3) is 0.417. The van der Waals surface area contributed by atoms with Gasteiger partial charge in [0.15, 0.2) is 9.84 Å². The number of carboxylic acids is 1. The van der Waals surface area contributed by atoms with Gasteiger partial charge in [-0.15, -0.1) is 0 Å². The van der Waals surface area contributed by atoms with Gasteiger partial charge in [-0.2, -0.15) is 0 Å². The highest BCUT2D eigenvalue weighted by Crippen LogP contribution is 2.30. The molecule has 1 aromatic carbocycles. The highest BCUT2D eigenvalue weighted by molar-refractivity contribution is 7.91. The molecule has 0 saturated carbocycles. The molecule has 0 amide bonds. The van der Waals surface area contributed by atoms with E-state index in [2.05, 4.69) is 0 Å². The van der Waals surface area contributed by atoms with Crippen LogP contribution in [0.1, 0.15) is 12.5 Å². The second-order valence-electron chi connectivity index (χ2n) is 4.26. The van der Waals surface area contributed by atoms with Crippen molar-refractivity contribution < 1.29 is 18.3 Å². The van der Waals surface area contributed by atoms with Crippen LogP contribution in [0.4, 0.5) is 5.69 Å². The SMILES string of the molecule is CCS(=O)(=O)c1ccc2c(c1)N(CC(=O)O)CC2. The smallest absolute Gasteiger partial charge is 0.323 e. The van der Waals surface area contributed by atoms with E-state index in [-0.39, 0.29) is 17.2 Å². The van der Waals surface area contributed by atoms with Crippen molar-refractivity contribution in [2.75, 3.05) is 23.7 Å². The molecule has 1 aliphatic heterocycles. The number of fused-ring (bicyclic) bond motifs is 1. The van der Waals surface area contributed by atoms with Crippen molar-refractivity contribution in [3.63, 3.8) is 0 Å². The van der Waals surface area contributed by atoms with Crippen LogP contribution in [-0.2, 0) is 21.1 Å². The van der Waals surface area contributed by atoms with Crippen molar-refractivity contribution in [3.8, 4) is 0 Å². The van der Waals surface area contributed by atoms with Gasteiger partial charge in [-0.25, -0.2) is 8.42 Å². The molecule has 0 aliphatic carbocycles. The molecule has 0 bridgehead atoms. The first-order chi connectivity index (χ1) is 8.44. The van der Waals surface area contributed by atoms with Gasteiger partial charge in [-0.05, 0) is 24.1 Å². The minimum atomic E-state index is -3.25. The van der Waals surface area contributed by atoms with E-state index in [1.165, 1.54) is 0 Å². The molecule has 0 fully saturated rings. The molecule has 0 spiro atoms. The molecule has 1 N–H and O–H groups in total. The highest BCUT2D eigenvalue weighted by Gasteiger charge is 2.23. The standard InChI is InChI=1S/C12H15NO4S/c1-2-18(16,17)10-4-3-9-5-6-13(8-12(14)15)11(9)7-10/h3-4,7H,2,5-6,8H2,1H3,(H,14,15). The van der Waals surface area contributed by atoms with Crippen molar-refractivity contribution in [2.45, 2.75) is 18.2 Å². The average molecular weight is 269 g/mol. The number of benzene rings is 1. The van der Waals surface area contributed by atoms with Crippen LogP contribution in [0.25, 0.3) is 0 Å². The van der Waals surface area contributed by atoms with Crippen molar-refractivity contribution in [3.05, 3.63) is 23.8 Å². The molecular formula is C12H15NO4S. The molecule has 6 heteroatoms. The van der Waals surface area contributed by atoms with Crippen molar-refractivity contribution in [2.24, 2.45) is 0 Å². The molecule has 0 radical (unpaired) electrons. The number of nitrogens with zero attached hydrogens (tertiary/aromatic N) is 1. The second kappa shape index (κ2) is 4.61. The summed E-state index contributed by atoms with van der Waals surface area (Å²) in [5.74, 6) is -0.864. The molecule has 0 atom stereocenters. The number of carbonyl (C=O) groups is 1. The first-order valence-corrected chi connectivity index (χ1v) is 7.41. The summed E-state index contributed by atoms with van der Waals surface area (Å²) < 4.78 is 23.6. The third-order valence-electron chi connectivity index (χ3n) is 3.11. The van der Waals surface area contributed by atoms with Crippen molar-refractivity contribution in [1.82, 2.24) is 0 Å². The first kappa shape index (κ1) is 12.9. The van der Waals surface area contributed by atoms with E-state index in [0.717, 1.165) is 17.7 Å².